The molecule has 72 valence electrons. The van der Waals surface area contributed by atoms with E-state index in [1.54, 1.807) is 12.1 Å². The SMILES string of the molecule is CCCc1ccc(S(=O)(=O)[O-])cc1.[K+]. The van der Waals surface area contributed by atoms with E-state index in [-0.39, 0.29) is 56.3 Å². The monoisotopic (exact) mass is 238 g/mol. The van der Waals surface area contributed by atoms with E-state index in [0.29, 0.717) is 0 Å². The molecule has 0 aliphatic carbocycles. The molecular formula is C9H11KO3S. The Hall–Kier alpha value is 0.766. The number of hydrogen-bond donors (Lipinski definition) is 0. The van der Waals surface area contributed by atoms with Crippen molar-refractivity contribution in [2.24, 2.45) is 0 Å². The van der Waals surface area contributed by atoms with Crippen molar-refractivity contribution in [3.8, 4) is 0 Å². The molecule has 0 bridgehead atoms. The molecule has 0 spiro atoms. The van der Waals surface area contributed by atoms with Gasteiger partial charge in [-0.2, -0.15) is 0 Å². The van der Waals surface area contributed by atoms with Crippen LogP contribution in [0.2, 0.25) is 0 Å². The van der Waals surface area contributed by atoms with Crippen LogP contribution >= 0.6 is 0 Å². The average Bonchev–Trinajstić information content (AvgIpc) is 2.04. The average molecular weight is 238 g/mol. The van der Waals surface area contributed by atoms with Gasteiger partial charge in [0.05, 0.1) is 4.90 Å². The largest absolute Gasteiger partial charge is 1.00 e. The van der Waals surface area contributed by atoms with Crippen LogP contribution in [0.25, 0.3) is 0 Å². The zero-order valence-electron chi connectivity index (χ0n) is 8.36. The predicted octanol–water partition coefficient (Wildman–Crippen LogP) is -1.45. The molecule has 5 heteroatoms. The van der Waals surface area contributed by atoms with Crippen molar-refractivity contribution in [3.05, 3.63) is 29.8 Å². The molecule has 0 atom stereocenters. The fraction of sp³-hybridized carbons (Fsp3) is 0.333. The first-order valence-corrected chi connectivity index (χ1v) is 5.49. The van der Waals surface area contributed by atoms with E-state index in [1.807, 2.05) is 6.92 Å². The van der Waals surface area contributed by atoms with Gasteiger partial charge in [-0.25, -0.2) is 8.42 Å². The summed E-state index contributed by atoms with van der Waals surface area (Å²) in [6.45, 7) is 2.04. The van der Waals surface area contributed by atoms with E-state index in [2.05, 4.69) is 0 Å². The molecule has 1 aromatic rings. The van der Waals surface area contributed by atoms with Crippen molar-refractivity contribution >= 4 is 10.1 Å². The number of aryl methyl sites for hydroxylation is 1. The summed E-state index contributed by atoms with van der Waals surface area (Å²) in [4.78, 5) is -0.160. The van der Waals surface area contributed by atoms with Gasteiger partial charge in [0.15, 0.2) is 0 Å². The van der Waals surface area contributed by atoms with Gasteiger partial charge in [0.25, 0.3) is 0 Å². The quantitative estimate of drug-likeness (QED) is 0.478. The van der Waals surface area contributed by atoms with Crippen molar-refractivity contribution in [3.63, 3.8) is 0 Å². The summed E-state index contributed by atoms with van der Waals surface area (Å²) in [6.07, 6.45) is 1.91. The van der Waals surface area contributed by atoms with Gasteiger partial charge in [-0.15, -0.1) is 0 Å². The van der Waals surface area contributed by atoms with Gasteiger partial charge in [-0.05, 0) is 24.1 Å². The molecule has 0 N–H and O–H groups in total. The minimum Gasteiger partial charge on any atom is -0.744 e. The minimum atomic E-state index is -4.28. The molecule has 0 aromatic heterocycles. The van der Waals surface area contributed by atoms with Crippen molar-refractivity contribution < 1.29 is 64.4 Å². The Balaban J connectivity index is 0.00000169. The summed E-state index contributed by atoms with van der Waals surface area (Å²) >= 11 is 0. The van der Waals surface area contributed by atoms with Crippen molar-refractivity contribution in [2.45, 2.75) is 24.7 Å². The first-order valence-electron chi connectivity index (χ1n) is 4.09. The van der Waals surface area contributed by atoms with Crippen LogP contribution in [-0.4, -0.2) is 13.0 Å². The zero-order valence-corrected chi connectivity index (χ0v) is 12.3. The molecule has 1 rings (SSSR count). The maximum atomic E-state index is 10.5. The third kappa shape index (κ3) is 4.52. The smallest absolute Gasteiger partial charge is 0.744 e. The second kappa shape index (κ2) is 6.37. The van der Waals surface area contributed by atoms with Crippen molar-refractivity contribution in [1.82, 2.24) is 0 Å². The van der Waals surface area contributed by atoms with Crippen LogP contribution in [0.1, 0.15) is 18.9 Å². The third-order valence-electron chi connectivity index (χ3n) is 1.75. The second-order valence-electron chi connectivity index (χ2n) is 2.85. The zero-order chi connectivity index (χ0) is 9.90. The molecule has 0 saturated carbocycles. The summed E-state index contributed by atoms with van der Waals surface area (Å²) in [5, 5.41) is 0. The van der Waals surface area contributed by atoms with Gasteiger partial charge < -0.3 is 4.55 Å². The topological polar surface area (TPSA) is 57.2 Å². The summed E-state index contributed by atoms with van der Waals surface area (Å²) in [5.41, 5.74) is 1.05. The maximum absolute atomic E-state index is 10.5. The van der Waals surface area contributed by atoms with E-state index < -0.39 is 10.1 Å². The van der Waals surface area contributed by atoms with Crippen LogP contribution < -0.4 is 51.4 Å². The van der Waals surface area contributed by atoms with Crippen LogP contribution in [0.15, 0.2) is 29.2 Å². The predicted molar refractivity (Wildman–Crippen MR) is 48.4 cm³/mol. The first kappa shape index (κ1) is 14.8. The normalized spacial score (nSPS) is 10.7. The Bertz CT molecular complexity index is 370. The van der Waals surface area contributed by atoms with Crippen LogP contribution in [0, 0.1) is 0 Å². The fourth-order valence-electron chi connectivity index (χ4n) is 1.11. The molecule has 0 unspecified atom stereocenters. The van der Waals surface area contributed by atoms with Crippen LogP contribution in [0.4, 0.5) is 0 Å². The summed E-state index contributed by atoms with van der Waals surface area (Å²) in [6, 6.07) is 6.06. The number of rotatable bonds is 3. The Morgan fingerprint density at radius 2 is 1.71 bits per heavy atom. The Kier molecular flexibility index (Phi) is 6.72. The standard InChI is InChI=1S/C9H12O3S.K/c1-2-3-8-4-6-9(7-5-8)13(10,11)12;/h4-7H,2-3H2,1H3,(H,10,11,12);/q;+1/p-1. The van der Waals surface area contributed by atoms with Crippen LogP contribution in [-0.2, 0) is 16.5 Å². The molecule has 0 heterocycles. The van der Waals surface area contributed by atoms with Gasteiger partial charge in [0, 0.05) is 0 Å². The molecule has 0 fully saturated rings. The molecule has 0 radical (unpaired) electrons. The summed E-state index contributed by atoms with van der Waals surface area (Å²) in [5.74, 6) is 0. The summed E-state index contributed by atoms with van der Waals surface area (Å²) in [7, 11) is -4.28. The van der Waals surface area contributed by atoms with Gasteiger partial charge in [-0.1, -0.05) is 25.5 Å². The first-order chi connectivity index (χ1) is 6.04. The molecular weight excluding hydrogens is 227 g/mol. The van der Waals surface area contributed by atoms with Gasteiger partial charge in [0.1, 0.15) is 10.1 Å². The van der Waals surface area contributed by atoms with Gasteiger partial charge >= 0.3 is 51.4 Å². The Morgan fingerprint density at radius 3 is 2.07 bits per heavy atom. The summed E-state index contributed by atoms with van der Waals surface area (Å²) < 4.78 is 31.6. The van der Waals surface area contributed by atoms with E-state index in [0.717, 1.165) is 18.4 Å². The fourth-order valence-corrected chi connectivity index (χ4v) is 1.58. The molecule has 3 nitrogen and oxygen atoms in total. The molecule has 1 aromatic carbocycles. The van der Waals surface area contributed by atoms with E-state index in [9.17, 15) is 13.0 Å². The number of hydrogen-bond acceptors (Lipinski definition) is 3. The molecule has 0 saturated heterocycles. The van der Waals surface area contributed by atoms with Crippen LogP contribution in [0.3, 0.4) is 0 Å². The maximum Gasteiger partial charge on any atom is 1.00 e. The number of benzene rings is 1. The molecule has 0 aliphatic rings. The molecule has 0 aliphatic heterocycles. The molecule has 14 heavy (non-hydrogen) atoms. The van der Waals surface area contributed by atoms with Crippen molar-refractivity contribution in [2.75, 3.05) is 0 Å². The van der Waals surface area contributed by atoms with E-state index in [4.69, 9.17) is 0 Å². The minimum absolute atomic E-state index is 0. The third-order valence-corrected chi connectivity index (χ3v) is 2.60. The molecule has 0 amide bonds. The van der Waals surface area contributed by atoms with Crippen molar-refractivity contribution in [1.29, 1.82) is 0 Å². The second-order valence-corrected chi connectivity index (χ2v) is 4.23. The Morgan fingerprint density at radius 1 is 1.21 bits per heavy atom. The van der Waals surface area contributed by atoms with E-state index in [1.165, 1.54) is 12.1 Å². The Labute approximate surface area is 127 Å². The van der Waals surface area contributed by atoms with E-state index >= 15 is 0 Å². The van der Waals surface area contributed by atoms with Gasteiger partial charge in [-0.3, -0.25) is 0 Å². The van der Waals surface area contributed by atoms with Gasteiger partial charge in [0.2, 0.25) is 0 Å². The van der Waals surface area contributed by atoms with Crippen LogP contribution in [0.5, 0.6) is 0 Å².